The van der Waals surface area contributed by atoms with E-state index in [1.165, 1.54) is 36.3 Å². The number of hydrogen-bond donors (Lipinski definition) is 0. The van der Waals surface area contributed by atoms with Gasteiger partial charge in [0.2, 0.25) is 5.91 Å². The highest BCUT2D eigenvalue weighted by Crippen LogP contribution is 2.31. The molecule has 6 nitrogen and oxygen atoms in total. The molecule has 2 aromatic rings. The van der Waals surface area contributed by atoms with Crippen molar-refractivity contribution in [2.24, 2.45) is 5.92 Å². The maximum absolute atomic E-state index is 12.9. The van der Waals surface area contributed by atoms with Crippen LogP contribution in [0.2, 0.25) is 0 Å². The quantitative estimate of drug-likeness (QED) is 0.766. The van der Waals surface area contributed by atoms with Gasteiger partial charge in [0.25, 0.3) is 0 Å². The van der Waals surface area contributed by atoms with Crippen LogP contribution >= 0.6 is 0 Å². The second-order valence-electron chi connectivity index (χ2n) is 8.68. The summed E-state index contributed by atoms with van der Waals surface area (Å²) in [6.07, 6.45) is 10.8. The third-order valence-electron chi connectivity index (χ3n) is 6.85. The van der Waals surface area contributed by atoms with Crippen molar-refractivity contribution in [2.75, 3.05) is 13.1 Å². The highest BCUT2D eigenvalue weighted by atomic mass is 16.2. The van der Waals surface area contributed by atoms with Gasteiger partial charge < -0.3 is 9.47 Å². The van der Waals surface area contributed by atoms with Gasteiger partial charge in [0, 0.05) is 56.6 Å². The van der Waals surface area contributed by atoms with Crippen LogP contribution in [0.15, 0.2) is 12.4 Å². The first-order chi connectivity index (χ1) is 13.5. The molecule has 152 valence electrons. The molecule has 1 atom stereocenters. The minimum Gasteiger partial charge on any atom is -0.342 e. The van der Waals surface area contributed by atoms with Crippen LogP contribution in [-0.2, 0) is 17.9 Å². The van der Waals surface area contributed by atoms with Gasteiger partial charge in [-0.3, -0.25) is 9.48 Å². The van der Waals surface area contributed by atoms with Gasteiger partial charge >= 0.3 is 0 Å². The van der Waals surface area contributed by atoms with E-state index in [0.29, 0.717) is 18.9 Å². The molecule has 0 aromatic carbocycles. The van der Waals surface area contributed by atoms with Crippen molar-refractivity contribution in [2.45, 2.75) is 78.3 Å². The molecule has 1 amide bonds. The minimum atomic E-state index is 0.243. The van der Waals surface area contributed by atoms with E-state index in [0.717, 1.165) is 44.1 Å². The summed E-state index contributed by atoms with van der Waals surface area (Å²) in [5.41, 5.74) is 3.45. The summed E-state index contributed by atoms with van der Waals surface area (Å²) in [6, 6.07) is 0. The van der Waals surface area contributed by atoms with Crippen LogP contribution in [0.3, 0.4) is 0 Å². The first-order valence-electron chi connectivity index (χ1n) is 10.8. The number of likely N-dealkylation sites (tertiary alicyclic amines) is 1. The standard InChI is InChI=1S/C22H33N5O/c1-16-17(2)24-27(18(16)3)12-9-21(28)25-11-5-8-20(15-25)22-23-10-13-26(22)14-19-6-4-7-19/h10,13,19-20H,4-9,11-12,14-15H2,1-3H3/t20-/m0/s1. The average Bonchev–Trinajstić information content (AvgIpc) is 3.23. The molecule has 28 heavy (non-hydrogen) atoms. The van der Waals surface area contributed by atoms with E-state index in [1.54, 1.807) is 0 Å². The van der Waals surface area contributed by atoms with Crippen LogP contribution in [0, 0.1) is 26.7 Å². The van der Waals surface area contributed by atoms with Crippen molar-refractivity contribution in [3.63, 3.8) is 0 Å². The molecule has 2 fully saturated rings. The zero-order valence-electron chi connectivity index (χ0n) is 17.5. The van der Waals surface area contributed by atoms with Crippen LogP contribution in [-0.4, -0.2) is 43.2 Å². The lowest BCUT2D eigenvalue weighted by atomic mass is 9.85. The molecular weight excluding hydrogens is 350 g/mol. The predicted octanol–water partition coefficient (Wildman–Crippen LogP) is 3.60. The Morgan fingerprint density at radius 1 is 1.18 bits per heavy atom. The zero-order valence-corrected chi connectivity index (χ0v) is 17.5. The Balaban J connectivity index is 1.36. The van der Waals surface area contributed by atoms with Crippen LogP contribution in [0.1, 0.15) is 67.2 Å². The molecule has 1 saturated heterocycles. The van der Waals surface area contributed by atoms with Gasteiger partial charge in [-0.05, 0) is 57.9 Å². The highest BCUT2D eigenvalue weighted by molar-refractivity contribution is 5.76. The number of aryl methyl sites for hydroxylation is 2. The van der Waals surface area contributed by atoms with Crippen molar-refractivity contribution in [3.05, 3.63) is 35.2 Å². The molecule has 1 aliphatic carbocycles. The fraction of sp³-hybridized carbons (Fsp3) is 0.682. The Morgan fingerprint density at radius 2 is 2.00 bits per heavy atom. The fourth-order valence-corrected chi connectivity index (χ4v) is 4.57. The molecule has 0 spiro atoms. The third kappa shape index (κ3) is 3.87. The Morgan fingerprint density at radius 3 is 2.68 bits per heavy atom. The number of rotatable bonds is 6. The Bertz CT molecular complexity index is 832. The second-order valence-corrected chi connectivity index (χ2v) is 8.68. The summed E-state index contributed by atoms with van der Waals surface area (Å²) in [6.45, 7) is 9.64. The minimum absolute atomic E-state index is 0.243. The molecule has 1 aliphatic heterocycles. The third-order valence-corrected chi connectivity index (χ3v) is 6.85. The van der Waals surface area contributed by atoms with Gasteiger partial charge in [-0.25, -0.2) is 4.98 Å². The summed E-state index contributed by atoms with van der Waals surface area (Å²) in [7, 11) is 0. The van der Waals surface area contributed by atoms with E-state index in [-0.39, 0.29) is 5.91 Å². The van der Waals surface area contributed by atoms with Crippen LogP contribution in [0.25, 0.3) is 0 Å². The zero-order chi connectivity index (χ0) is 19.7. The lowest BCUT2D eigenvalue weighted by Gasteiger charge is -2.34. The summed E-state index contributed by atoms with van der Waals surface area (Å²) < 4.78 is 4.33. The van der Waals surface area contributed by atoms with Crippen molar-refractivity contribution < 1.29 is 4.79 Å². The van der Waals surface area contributed by atoms with Gasteiger partial charge in [0.1, 0.15) is 5.82 Å². The Kier molecular flexibility index (Phi) is 5.56. The number of hydrogen-bond acceptors (Lipinski definition) is 3. The molecule has 2 aliphatic rings. The molecule has 0 N–H and O–H groups in total. The molecule has 0 unspecified atom stereocenters. The maximum Gasteiger partial charge on any atom is 0.224 e. The van der Waals surface area contributed by atoms with Crippen molar-refractivity contribution >= 4 is 5.91 Å². The van der Waals surface area contributed by atoms with Crippen molar-refractivity contribution in [1.82, 2.24) is 24.2 Å². The highest BCUT2D eigenvalue weighted by Gasteiger charge is 2.28. The number of amides is 1. The molecule has 6 heteroatoms. The molecular formula is C22H33N5O. The SMILES string of the molecule is Cc1nn(CCC(=O)N2CCC[C@H](c3nccn3CC3CCC3)C2)c(C)c1C. The first kappa shape index (κ1) is 19.2. The number of piperidine rings is 1. The van der Waals surface area contributed by atoms with Gasteiger partial charge in [-0.2, -0.15) is 5.10 Å². The van der Waals surface area contributed by atoms with E-state index < -0.39 is 0 Å². The topological polar surface area (TPSA) is 56.0 Å². The molecule has 2 aromatic heterocycles. The van der Waals surface area contributed by atoms with Gasteiger partial charge in [-0.1, -0.05) is 6.42 Å². The summed E-state index contributed by atoms with van der Waals surface area (Å²) in [5.74, 6) is 2.60. The fourth-order valence-electron chi connectivity index (χ4n) is 4.57. The van der Waals surface area contributed by atoms with E-state index in [2.05, 4.69) is 39.6 Å². The monoisotopic (exact) mass is 383 g/mol. The van der Waals surface area contributed by atoms with Crippen molar-refractivity contribution in [3.8, 4) is 0 Å². The van der Waals surface area contributed by atoms with Gasteiger partial charge in [0.05, 0.1) is 5.69 Å². The number of aromatic nitrogens is 4. The van der Waals surface area contributed by atoms with E-state index in [9.17, 15) is 4.79 Å². The molecule has 3 heterocycles. The van der Waals surface area contributed by atoms with Crippen LogP contribution < -0.4 is 0 Å². The second kappa shape index (κ2) is 8.10. The van der Waals surface area contributed by atoms with E-state index in [4.69, 9.17) is 0 Å². The van der Waals surface area contributed by atoms with Crippen LogP contribution in [0.4, 0.5) is 0 Å². The van der Waals surface area contributed by atoms with Gasteiger partial charge in [0.15, 0.2) is 0 Å². The lowest BCUT2D eigenvalue weighted by molar-refractivity contribution is -0.132. The lowest BCUT2D eigenvalue weighted by Crippen LogP contribution is -2.40. The Hall–Kier alpha value is -2.11. The summed E-state index contributed by atoms with van der Waals surface area (Å²) in [5, 5.41) is 4.57. The van der Waals surface area contributed by atoms with Crippen molar-refractivity contribution in [1.29, 1.82) is 0 Å². The maximum atomic E-state index is 12.9. The summed E-state index contributed by atoms with van der Waals surface area (Å²) >= 11 is 0. The molecule has 1 saturated carbocycles. The normalized spacial score (nSPS) is 20.4. The van der Waals surface area contributed by atoms with E-state index in [1.807, 2.05) is 17.8 Å². The smallest absolute Gasteiger partial charge is 0.224 e. The Labute approximate surface area is 167 Å². The first-order valence-corrected chi connectivity index (χ1v) is 10.8. The molecule has 4 rings (SSSR count). The number of imidazole rings is 1. The van der Waals surface area contributed by atoms with Gasteiger partial charge in [-0.15, -0.1) is 0 Å². The largest absolute Gasteiger partial charge is 0.342 e. The number of carbonyl (C=O) groups is 1. The van der Waals surface area contributed by atoms with E-state index >= 15 is 0 Å². The molecule has 0 radical (unpaired) electrons. The molecule has 0 bridgehead atoms. The average molecular weight is 384 g/mol. The van der Waals surface area contributed by atoms with Crippen LogP contribution in [0.5, 0.6) is 0 Å². The summed E-state index contributed by atoms with van der Waals surface area (Å²) in [4.78, 5) is 19.6. The number of nitrogens with zero attached hydrogens (tertiary/aromatic N) is 5. The predicted molar refractivity (Wildman–Crippen MR) is 109 cm³/mol. The number of carbonyl (C=O) groups excluding carboxylic acids is 1.